The van der Waals surface area contributed by atoms with Crippen LogP contribution < -0.4 is 4.74 Å². The zero-order valence-corrected chi connectivity index (χ0v) is 17.7. The molecule has 0 radical (unpaired) electrons. The number of ether oxygens (including phenoxy) is 1. The van der Waals surface area contributed by atoms with E-state index < -0.39 is 39.0 Å². The Kier molecular flexibility index (Phi) is 6.60. The molecule has 3 N–H and O–H groups in total. The summed E-state index contributed by atoms with van der Waals surface area (Å²) in [6, 6.07) is 8.57. The lowest BCUT2D eigenvalue weighted by atomic mass is 10.2. The van der Waals surface area contributed by atoms with Crippen molar-refractivity contribution in [3.8, 4) is 5.75 Å². The largest absolute Gasteiger partial charge is 0.427 e. The van der Waals surface area contributed by atoms with Gasteiger partial charge in [-0.15, -0.1) is 0 Å². The van der Waals surface area contributed by atoms with Crippen molar-refractivity contribution < 1.29 is 42.6 Å². The lowest BCUT2D eigenvalue weighted by molar-refractivity contribution is -0.134. The van der Waals surface area contributed by atoms with Crippen LogP contribution in [0.15, 0.2) is 48.8 Å². The summed E-state index contributed by atoms with van der Waals surface area (Å²) in [6.45, 7) is 1.81. The van der Waals surface area contributed by atoms with Gasteiger partial charge >= 0.3 is 21.2 Å². The molecule has 2 atom stereocenters. The molecule has 0 aliphatic carbocycles. The van der Waals surface area contributed by atoms with Crippen LogP contribution in [0.5, 0.6) is 5.75 Å². The van der Waals surface area contributed by atoms with E-state index in [0.717, 1.165) is 0 Å². The number of rotatable bonds is 6. The van der Waals surface area contributed by atoms with Crippen LogP contribution in [0.1, 0.15) is 37.2 Å². The molecule has 0 bridgehead atoms. The highest BCUT2D eigenvalue weighted by Crippen LogP contribution is 2.79. The van der Waals surface area contributed by atoms with Gasteiger partial charge in [-0.3, -0.25) is 28.0 Å². The van der Waals surface area contributed by atoms with Gasteiger partial charge in [-0.2, -0.15) is 0 Å². The fourth-order valence-corrected chi connectivity index (χ4v) is 6.40. The first-order chi connectivity index (χ1) is 14.1. The molecule has 1 saturated heterocycles. The second-order valence-corrected chi connectivity index (χ2v) is 11.0. The molecule has 1 fully saturated rings. The van der Waals surface area contributed by atoms with Crippen molar-refractivity contribution in [2.24, 2.45) is 0 Å². The van der Waals surface area contributed by atoms with E-state index >= 15 is 0 Å². The average molecular weight is 457 g/mol. The number of nitrogens with zero attached hydrogens (tertiary/aromatic N) is 1. The van der Waals surface area contributed by atoms with E-state index in [-0.39, 0.29) is 23.3 Å². The smallest absolute Gasteiger partial charge is 0.374 e. The molecule has 0 saturated carbocycles. The summed E-state index contributed by atoms with van der Waals surface area (Å²) in [5.74, 6) is -0.374. The Bertz CT molecular complexity index is 988. The van der Waals surface area contributed by atoms with Crippen molar-refractivity contribution in [3.63, 3.8) is 0 Å². The van der Waals surface area contributed by atoms with Crippen LogP contribution in [-0.4, -0.2) is 30.9 Å². The molecule has 10 nitrogen and oxygen atoms in total. The first kappa shape index (κ1) is 22.8. The van der Waals surface area contributed by atoms with Crippen molar-refractivity contribution in [2.75, 3.05) is 0 Å². The zero-order chi connectivity index (χ0) is 22.0. The van der Waals surface area contributed by atoms with Gasteiger partial charge in [0.25, 0.3) is 5.08 Å². The highest BCUT2D eigenvalue weighted by molar-refractivity contribution is 7.73. The Hall–Kier alpha value is -1.90. The van der Waals surface area contributed by atoms with Crippen molar-refractivity contribution in [1.82, 2.24) is 4.98 Å². The number of hydrogen-bond acceptors (Lipinski definition) is 8. The lowest BCUT2D eigenvalue weighted by Crippen LogP contribution is -2.37. The summed E-state index contributed by atoms with van der Waals surface area (Å²) >= 11 is 0. The van der Waals surface area contributed by atoms with Gasteiger partial charge in [0, 0.05) is 30.8 Å². The monoisotopic (exact) mass is 457 g/mol. The minimum Gasteiger partial charge on any atom is -0.427 e. The Labute approximate surface area is 172 Å². The first-order valence-corrected chi connectivity index (χ1v) is 12.2. The van der Waals surface area contributed by atoms with Crippen LogP contribution in [0.4, 0.5) is 0 Å². The molecule has 162 valence electrons. The molecular weight excluding hydrogens is 436 g/mol. The van der Waals surface area contributed by atoms with E-state index in [4.69, 9.17) is 13.8 Å². The molecular formula is C18H21NO9P2. The van der Waals surface area contributed by atoms with Gasteiger partial charge in [0.1, 0.15) is 5.75 Å². The molecule has 1 aliphatic rings. The average Bonchev–Trinajstić information content (AvgIpc) is 2.67. The number of esters is 1. The molecule has 12 heteroatoms. The Balaban J connectivity index is 1.88. The Morgan fingerprint density at radius 2 is 1.90 bits per heavy atom. The van der Waals surface area contributed by atoms with Gasteiger partial charge in [-0.1, -0.05) is 25.1 Å². The summed E-state index contributed by atoms with van der Waals surface area (Å²) in [4.78, 5) is 36.2. The van der Waals surface area contributed by atoms with E-state index in [2.05, 4.69) is 4.98 Å². The van der Waals surface area contributed by atoms with Crippen LogP contribution in [0, 0.1) is 0 Å². The number of carbonyl (C=O) groups is 1. The van der Waals surface area contributed by atoms with Gasteiger partial charge < -0.3 is 19.6 Å². The summed E-state index contributed by atoms with van der Waals surface area (Å²) in [6.07, 6.45) is 1.07. The molecule has 0 spiro atoms. The maximum absolute atomic E-state index is 12.8. The predicted molar refractivity (Wildman–Crippen MR) is 104 cm³/mol. The molecule has 2 heterocycles. The topological polar surface area (TPSA) is 152 Å². The highest BCUT2D eigenvalue weighted by Gasteiger charge is 2.67. The third kappa shape index (κ3) is 4.55. The van der Waals surface area contributed by atoms with Crippen molar-refractivity contribution in [3.05, 3.63) is 59.9 Å². The Morgan fingerprint density at radius 3 is 2.50 bits per heavy atom. The van der Waals surface area contributed by atoms with Gasteiger partial charge in [-0.25, -0.2) is 0 Å². The summed E-state index contributed by atoms with van der Waals surface area (Å²) < 4.78 is 40.8. The minimum atomic E-state index is -5.09. The summed E-state index contributed by atoms with van der Waals surface area (Å²) in [7, 11) is -10.2. The SMILES string of the molecule is CCCC(=O)Oc1cccc(C2OP(=O)(O)C(O)(Cc3cccnc3)P(=O)(O)O2)c1. The number of aromatic nitrogens is 1. The predicted octanol–water partition coefficient (Wildman–Crippen LogP) is 3.09. The van der Waals surface area contributed by atoms with Crippen LogP contribution in [0.25, 0.3) is 0 Å². The minimum absolute atomic E-state index is 0.0591. The highest BCUT2D eigenvalue weighted by atomic mass is 31.2. The second kappa shape index (κ2) is 8.69. The van der Waals surface area contributed by atoms with Crippen molar-refractivity contribution >= 4 is 21.2 Å². The van der Waals surface area contributed by atoms with Crippen molar-refractivity contribution in [2.45, 2.75) is 37.6 Å². The molecule has 1 aromatic carbocycles. The van der Waals surface area contributed by atoms with E-state index in [1.54, 1.807) is 0 Å². The lowest BCUT2D eigenvalue weighted by Gasteiger charge is -2.41. The molecule has 2 unspecified atom stereocenters. The van der Waals surface area contributed by atoms with E-state index in [1.807, 2.05) is 6.92 Å². The molecule has 30 heavy (non-hydrogen) atoms. The zero-order valence-electron chi connectivity index (χ0n) is 16.0. The van der Waals surface area contributed by atoms with E-state index in [0.29, 0.717) is 6.42 Å². The normalized spacial score (nSPS) is 31.3. The first-order valence-electron chi connectivity index (χ1n) is 9.02. The van der Waals surface area contributed by atoms with Crippen LogP contribution >= 0.6 is 15.2 Å². The number of carbonyl (C=O) groups excluding carboxylic acids is 1. The molecule has 2 aromatic rings. The fraction of sp³-hybridized carbons (Fsp3) is 0.333. The van der Waals surface area contributed by atoms with Crippen LogP contribution in [-0.2, 0) is 29.4 Å². The summed E-state index contributed by atoms with van der Waals surface area (Å²) in [5.41, 5.74) is 0.294. The number of pyridine rings is 1. The van der Waals surface area contributed by atoms with Gasteiger partial charge in [0.05, 0.1) is 0 Å². The maximum atomic E-state index is 12.8. The molecule has 1 aliphatic heterocycles. The molecule has 3 rings (SSSR count). The third-order valence-corrected chi connectivity index (χ3v) is 8.96. The third-order valence-electron chi connectivity index (χ3n) is 4.36. The van der Waals surface area contributed by atoms with E-state index in [9.17, 15) is 28.8 Å². The van der Waals surface area contributed by atoms with E-state index in [1.165, 1.54) is 48.8 Å². The van der Waals surface area contributed by atoms with Crippen molar-refractivity contribution in [1.29, 1.82) is 0 Å². The second-order valence-electron chi connectivity index (χ2n) is 6.69. The summed E-state index contributed by atoms with van der Waals surface area (Å²) in [5, 5.41) is 7.63. The number of benzene rings is 1. The Morgan fingerprint density at radius 1 is 1.20 bits per heavy atom. The van der Waals surface area contributed by atoms with Gasteiger partial charge in [-0.05, 0) is 30.2 Å². The number of aliphatic hydroxyl groups is 1. The number of hydrogen-bond donors (Lipinski definition) is 3. The van der Waals surface area contributed by atoms with Crippen LogP contribution in [0.2, 0.25) is 0 Å². The maximum Gasteiger partial charge on any atom is 0.374 e. The van der Waals surface area contributed by atoms with Crippen LogP contribution in [0.3, 0.4) is 0 Å². The molecule has 1 aromatic heterocycles. The standard InChI is InChI=1S/C18H21NO9P2/c1-2-5-16(20)26-15-8-3-7-14(10-15)17-27-29(22,23)18(21,30(24,25)28-17)11-13-6-4-9-19-12-13/h3-4,6-10,12,17,21H,2,5,11H2,1H3,(H,22,23)(H,24,25). The fourth-order valence-electron chi connectivity index (χ4n) is 2.82. The molecule has 0 amide bonds. The van der Waals surface area contributed by atoms with Gasteiger partial charge in [0.2, 0.25) is 6.29 Å². The quantitative estimate of drug-likeness (QED) is 0.335. The van der Waals surface area contributed by atoms with Gasteiger partial charge in [0.15, 0.2) is 0 Å².